The molecule has 0 aliphatic heterocycles. The van der Waals surface area contributed by atoms with Crippen LogP contribution in [0, 0.1) is 0 Å². The molecule has 1 atom stereocenters. The summed E-state index contributed by atoms with van der Waals surface area (Å²) in [5, 5.41) is 11.9. The number of carbonyl (C=O) groups excluding carboxylic acids is 2. The number of ether oxygens (including phenoxy) is 2. The smallest absolute Gasteiger partial charge is 0.251 e. The van der Waals surface area contributed by atoms with E-state index in [0.29, 0.717) is 33.6 Å². The highest BCUT2D eigenvalue weighted by atomic mass is 32.2. The van der Waals surface area contributed by atoms with Gasteiger partial charge in [-0.1, -0.05) is 30.0 Å². The summed E-state index contributed by atoms with van der Waals surface area (Å²) in [6.45, 7) is 1.84. The van der Waals surface area contributed by atoms with Gasteiger partial charge in [0.2, 0.25) is 0 Å². The topological polar surface area (TPSA) is 95.3 Å². The maximum Gasteiger partial charge on any atom is 0.251 e. The number of rotatable bonds is 9. The number of Topliss-reactive ketones (excluding diaryl/α,β-unsaturated/α-hetero) is 1. The molecule has 31 heavy (non-hydrogen) atoms. The Hall–Kier alpha value is -3.33. The van der Waals surface area contributed by atoms with Gasteiger partial charge in [-0.15, -0.1) is 10.2 Å². The SMILES string of the molecule is COc1ccc(C(=O)CSc2nnc([C@@H](C)NC(=O)c3ccccc3)n2C)cc1OC. The molecule has 0 bridgehead atoms. The van der Waals surface area contributed by atoms with Gasteiger partial charge in [-0.3, -0.25) is 9.59 Å². The minimum Gasteiger partial charge on any atom is -0.493 e. The third kappa shape index (κ3) is 5.24. The summed E-state index contributed by atoms with van der Waals surface area (Å²) >= 11 is 1.28. The van der Waals surface area contributed by atoms with Crippen LogP contribution in [0.15, 0.2) is 53.7 Å². The Balaban J connectivity index is 1.64. The summed E-state index contributed by atoms with van der Waals surface area (Å²) in [5.41, 5.74) is 1.10. The molecule has 1 amide bonds. The Kier molecular flexibility index (Phi) is 7.30. The van der Waals surface area contributed by atoms with E-state index >= 15 is 0 Å². The molecule has 3 rings (SSSR count). The Morgan fingerprint density at radius 1 is 1.03 bits per heavy atom. The summed E-state index contributed by atoms with van der Waals surface area (Å²) in [7, 11) is 4.88. The number of methoxy groups -OCH3 is 2. The van der Waals surface area contributed by atoms with E-state index in [1.807, 2.05) is 32.2 Å². The van der Waals surface area contributed by atoms with Gasteiger partial charge in [-0.25, -0.2) is 0 Å². The first-order valence-electron chi connectivity index (χ1n) is 9.57. The van der Waals surface area contributed by atoms with Crippen molar-refractivity contribution in [3.8, 4) is 11.5 Å². The summed E-state index contributed by atoms with van der Waals surface area (Å²) in [4.78, 5) is 25.0. The molecule has 1 aromatic heterocycles. The molecule has 2 aromatic carbocycles. The monoisotopic (exact) mass is 440 g/mol. The maximum atomic E-state index is 12.6. The van der Waals surface area contributed by atoms with E-state index in [0.717, 1.165) is 0 Å². The van der Waals surface area contributed by atoms with Gasteiger partial charge in [0.15, 0.2) is 28.3 Å². The lowest BCUT2D eigenvalue weighted by atomic mass is 10.1. The van der Waals surface area contributed by atoms with Gasteiger partial charge in [-0.05, 0) is 37.3 Å². The van der Waals surface area contributed by atoms with E-state index in [1.165, 1.54) is 18.9 Å². The normalized spacial score (nSPS) is 11.6. The maximum absolute atomic E-state index is 12.6. The molecule has 1 heterocycles. The summed E-state index contributed by atoms with van der Waals surface area (Å²) in [6.07, 6.45) is 0. The molecule has 0 aliphatic carbocycles. The van der Waals surface area contributed by atoms with Crippen LogP contribution in [0.1, 0.15) is 39.5 Å². The van der Waals surface area contributed by atoms with Crippen LogP contribution >= 0.6 is 11.8 Å². The molecule has 8 nitrogen and oxygen atoms in total. The molecule has 0 fully saturated rings. The number of ketones is 1. The van der Waals surface area contributed by atoms with Crippen molar-refractivity contribution in [3.63, 3.8) is 0 Å². The quantitative estimate of drug-likeness (QED) is 0.403. The van der Waals surface area contributed by atoms with Crippen LogP contribution in [0.3, 0.4) is 0 Å². The molecular formula is C22H24N4O4S. The highest BCUT2D eigenvalue weighted by Crippen LogP contribution is 2.28. The Labute approximate surface area is 185 Å². The van der Waals surface area contributed by atoms with Gasteiger partial charge in [-0.2, -0.15) is 0 Å². The Morgan fingerprint density at radius 2 is 1.74 bits per heavy atom. The fraction of sp³-hybridized carbons (Fsp3) is 0.273. The van der Waals surface area contributed by atoms with Gasteiger partial charge in [0, 0.05) is 18.2 Å². The van der Waals surface area contributed by atoms with Crippen molar-refractivity contribution in [3.05, 3.63) is 65.5 Å². The van der Waals surface area contributed by atoms with Gasteiger partial charge in [0.05, 0.1) is 26.0 Å². The first-order chi connectivity index (χ1) is 14.9. The van der Waals surface area contributed by atoms with E-state index in [4.69, 9.17) is 9.47 Å². The van der Waals surface area contributed by atoms with E-state index in [2.05, 4.69) is 15.5 Å². The van der Waals surface area contributed by atoms with Gasteiger partial charge >= 0.3 is 0 Å². The summed E-state index contributed by atoms with van der Waals surface area (Å²) < 4.78 is 12.2. The fourth-order valence-corrected chi connectivity index (χ4v) is 3.80. The zero-order chi connectivity index (χ0) is 22.4. The van der Waals surface area contributed by atoms with Crippen LogP contribution in [0.4, 0.5) is 0 Å². The molecule has 0 saturated carbocycles. The van der Waals surface area contributed by atoms with Crippen LogP contribution in [0.2, 0.25) is 0 Å². The second-order valence-electron chi connectivity index (χ2n) is 6.74. The minimum atomic E-state index is -0.346. The molecule has 0 spiro atoms. The van der Waals surface area contributed by atoms with Crippen molar-refractivity contribution in [1.82, 2.24) is 20.1 Å². The molecule has 0 aliphatic rings. The van der Waals surface area contributed by atoms with E-state index in [-0.39, 0.29) is 23.5 Å². The van der Waals surface area contributed by atoms with Crippen LogP contribution in [0.25, 0.3) is 0 Å². The molecule has 0 saturated heterocycles. The molecule has 3 aromatic rings. The zero-order valence-electron chi connectivity index (χ0n) is 17.8. The molecule has 9 heteroatoms. The number of carbonyl (C=O) groups is 2. The minimum absolute atomic E-state index is 0.0686. The first-order valence-corrected chi connectivity index (χ1v) is 10.6. The lowest BCUT2D eigenvalue weighted by molar-refractivity contribution is 0.0937. The average Bonchev–Trinajstić information content (AvgIpc) is 3.17. The summed E-state index contributed by atoms with van der Waals surface area (Å²) in [6, 6.07) is 13.7. The number of aromatic nitrogens is 3. The largest absolute Gasteiger partial charge is 0.493 e. The standard InChI is InChI=1S/C22H24N4O4S/c1-14(23-21(28)15-8-6-5-7-9-15)20-24-25-22(26(20)2)31-13-17(27)16-10-11-18(29-3)19(12-16)30-4/h5-12,14H,13H2,1-4H3,(H,23,28)/t14-/m1/s1. The van der Waals surface area contributed by atoms with Crippen molar-refractivity contribution in [2.24, 2.45) is 7.05 Å². The van der Waals surface area contributed by atoms with Crippen LogP contribution < -0.4 is 14.8 Å². The van der Waals surface area contributed by atoms with E-state index in [1.54, 1.807) is 42.0 Å². The number of benzene rings is 2. The third-order valence-electron chi connectivity index (χ3n) is 4.68. The molecular weight excluding hydrogens is 416 g/mol. The van der Waals surface area contributed by atoms with E-state index < -0.39 is 0 Å². The Bertz CT molecular complexity index is 1070. The molecule has 0 unspecified atom stereocenters. The van der Waals surface area contributed by atoms with Crippen molar-refractivity contribution >= 4 is 23.5 Å². The van der Waals surface area contributed by atoms with Crippen LogP contribution in [0.5, 0.6) is 11.5 Å². The number of nitrogens with one attached hydrogen (secondary N) is 1. The van der Waals surface area contributed by atoms with Gasteiger partial charge < -0.3 is 19.4 Å². The van der Waals surface area contributed by atoms with Crippen molar-refractivity contribution in [2.45, 2.75) is 18.1 Å². The van der Waals surface area contributed by atoms with Crippen LogP contribution in [-0.4, -0.2) is 46.4 Å². The number of hydrogen-bond donors (Lipinski definition) is 1. The lowest BCUT2D eigenvalue weighted by Crippen LogP contribution is -2.28. The average molecular weight is 441 g/mol. The first kappa shape index (κ1) is 22.4. The van der Waals surface area contributed by atoms with Gasteiger partial charge in [0.25, 0.3) is 5.91 Å². The molecule has 1 N–H and O–H groups in total. The van der Waals surface area contributed by atoms with Crippen molar-refractivity contribution < 1.29 is 19.1 Å². The number of thioether (sulfide) groups is 1. The second kappa shape index (κ2) is 10.1. The number of amides is 1. The van der Waals surface area contributed by atoms with Crippen LogP contribution in [-0.2, 0) is 7.05 Å². The lowest BCUT2D eigenvalue weighted by Gasteiger charge is -2.13. The predicted molar refractivity (Wildman–Crippen MR) is 118 cm³/mol. The van der Waals surface area contributed by atoms with Gasteiger partial charge in [0.1, 0.15) is 0 Å². The zero-order valence-corrected chi connectivity index (χ0v) is 18.6. The predicted octanol–water partition coefficient (Wildman–Crippen LogP) is 3.30. The number of hydrogen-bond acceptors (Lipinski definition) is 7. The highest BCUT2D eigenvalue weighted by Gasteiger charge is 2.19. The highest BCUT2D eigenvalue weighted by molar-refractivity contribution is 7.99. The number of nitrogens with zero attached hydrogens (tertiary/aromatic N) is 3. The van der Waals surface area contributed by atoms with Crippen molar-refractivity contribution in [1.29, 1.82) is 0 Å². The second-order valence-corrected chi connectivity index (χ2v) is 7.69. The summed E-state index contributed by atoms with van der Waals surface area (Å²) in [5.74, 6) is 1.60. The fourth-order valence-electron chi connectivity index (χ4n) is 2.99. The Morgan fingerprint density at radius 3 is 2.42 bits per heavy atom. The molecule has 0 radical (unpaired) electrons. The molecule has 162 valence electrons. The van der Waals surface area contributed by atoms with E-state index in [9.17, 15) is 9.59 Å². The third-order valence-corrected chi connectivity index (χ3v) is 5.70. The van der Waals surface area contributed by atoms with Crippen molar-refractivity contribution in [2.75, 3.05) is 20.0 Å².